The van der Waals surface area contributed by atoms with Crippen molar-refractivity contribution in [3.8, 4) is 0 Å². The monoisotopic (exact) mass is 391 g/mol. The summed E-state index contributed by atoms with van der Waals surface area (Å²) in [7, 11) is 0. The highest BCUT2D eigenvalue weighted by Gasteiger charge is 2.37. The number of rotatable bonds is 7. The minimum atomic E-state index is -1.88. The Hall–Kier alpha value is -2.96. The molecule has 0 unspecified atom stereocenters. The largest absolute Gasteiger partial charge is 0.480 e. The van der Waals surface area contributed by atoms with Gasteiger partial charge < -0.3 is 15.2 Å². The first-order chi connectivity index (χ1) is 13.1. The van der Waals surface area contributed by atoms with Crippen LogP contribution < -0.4 is 5.32 Å². The third kappa shape index (κ3) is 5.06. The predicted molar refractivity (Wildman–Crippen MR) is 99.7 cm³/mol. The summed E-state index contributed by atoms with van der Waals surface area (Å²) in [6, 6.07) is 12.5. The number of hydrogen-bond donors (Lipinski definition) is 2. The Morgan fingerprint density at radius 3 is 2.32 bits per heavy atom. The average Bonchev–Trinajstić information content (AvgIpc) is 2.64. The first kappa shape index (κ1) is 21.3. The summed E-state index contributed by atoms with van der Waals surface area (Å²) >= 11 is 0. The molecule has 2 N–H and O–H groups in total. The van der Waals surface area contributed by atoms with E-state index in [-0.39, 0.29) is 11.5 Å². The lowest BCUT2D eigenvalue weighted by atomic mass is 9.92. The van der Waals surface area contributed by atoms with Crippen LogP contribution in [0.4, 0.5) is 13.6 Å². The van der Waals surface area contributed by atoms with Gasteiger partial charge in [-0.2, -0.15) is 0 Å². The fourth-order valence-corrected chi connectivity index (χ4v) is 2.84. The molecule has 0 aliphatic heterocycles. The van der Waals surface area contributed by atoms with Crippen molar-refractivity contribution in [2.45, 2.75) is 38.8 Å². The Kier molecular flexibility index (Phi) is 6.72. The molecule has 2 atom stereocenters. The van der Waals surface area contributed by atoms with E-state index in [1.54, 1.807) is 24.3 Å². The van der Waals surface area contributed by atoms with Gasteiger partial charge in [-0.05, 0) is 30.0 Å². The maximum Gasteiger partial charge on any atom is 0.408 e. The van der Waals surface area contributed by atoms with Gasteiger partial charge in [-0.15, -0.1) is 0 Å². The van der Waals surface area contributed by atoms with Gasteiger partial charge in [-0.25, -0.2) is 18.4 Å². The quantitative estimate of drug-likeness (QED) is 0.730. The summed E-state index contributed by atoms with van der Waals surface area (Å²) in [5, 5.41) is 11.9. The number of hydrogen-bond acceptors (Lipinski definition) is 3. The summed E-state index contributed by atoms with van der Waals surface area (Å²) in [5.74, 6) is -3.69. The van der Waals surface area contributed by atoms with Crippen LogP contribution in [0.2, 0.25) is 0 Å². The van der Waals surface area contributed by atoms with E-state index in [1.807, 2.05) is 19.9 Å². The van der Waals surface area contributed by atoms with Crippen molar-refractivity contribution in [3.63, 3.8) is 0 Å². The molecular weight excluding hydrogens is 368 g/mol. The zero-order valence-electron chi connectivity index (χ0n) is 15.9. The van der Waals surface area contributed by atoms with Gasteiger partial charge in [-0.3, -0.25) is 0 Å². The number of nitrogens with one attached hydrogen (secondary N) is 1. The minimum absolute atomic E-state index is 0.0649. The molecule has 150 valence electrons. The fraction of sp³-hybridized carbons (Fsp3) is 0.333. The van der Waals surface area contributed by atoms with Gasteiger partial charge in [0.2, 0.25) is 0 Å². The Balaban J connectivity index is 2.19. The number of ether oxygens (including phenoxy) is 1. The van der Waals surface area contributed by atoms with Gasteiger partial charge in [0.15, 0.2) is 11.6 Å². The van der Waals surface area contributed by atoms with Crippen LogP contribution in [0.25, 0.3) is 0 Å². The second-order valence-electron chi connectivity index (χ2n) is 7.13. The molecule has 0 aliphatic carbocycles. The maximum atomic E-state index is 14.0. The first-order valence-corrected chi connectivity index (χ1v) is 8.84. The number of carboxylic acids is 1. The number of carbonyl (C=O) groups excluding carboxylic acids is 1. The highest BCUT2D eigenvalue weighted by atomic mass is 19.2. The molecule has 2 aromatic carbocycles. The lowest BCUT2D eigenvalue weighted by Crippen LogP contribution is -2.54. The Morgan fingerprint density at radius 2 is 1.75 bits per heavy atom. The van der Waals surface area contributed by atoms with Gasteiger partial charge in [0.25, 0.3) is 0 Å². The van der Waals surface area contributed by atoms with E-state index in [0.717, 1.165) is 11.6 Å². The lowest BCUT2D eigenvalue weighted by Gasteiger charge is -2.28. The van der Waals surface area contributed by atoms with Gasteiger partial charge >= 0.3 is 12.1 Å². The van der Waals surface area contributed by atoms with E-state index >= 15 is 0 Å². The number of alkyl carbamates (subject to hydrolysis) is 1. The van der Waals surface area contributed by atoms with Crippen molar-refractivity contribution in [3.05, 3.63) is 71.3 Å². The zero-order chi connectivity index (χ0) is 20.9. The fourth-order valence-electron chi connectivity index (χ4n) is 2.84. The molecule has 0 heterocycles. The number of aliphatic carboxylic acids is 1. The average molecular weight is 391 g/mol. The number of benzene rings is 2. The normalized spacial score (nSPS) is 14.2. The van der Waals surface area contributed by atoms with Crippen LogP contribution >= 0.6 is 0 Å². The van der Waals surface area contributed by atoms with Crippen LogP contribution in [0.15, 0.2) is 48.5 Å². The van der Waals surface area contributed by atoms with Gasteiger partial charge in [0, 0.05) is 6.42 Å². The molecule has 0 saturated heterocycles. The van der Waals surface area contributed by atoms with Gasteiger partial charge in [0.1, 0.15) is 11.6 Å². The lowest BCUT2D eigenvalue weighted by molar-refractivity contribution is -0.144. The second-order valence-corrected chi connectivity index (χ2v) is 7.13. The molecule has 0 bridgehead atoms. The molecule has 2 aromatic rings. The number of carbonyl (C=O) groups is 2. The Labute approximate surface area is 162 Å². The molecule has 0 radical (unpaired) electrons. The minimum Gasteiger partial charge on any atom is -0.480 e. The van der Waals surface area contributed by atoms with Crippen LogP contribution in [0.3, 0.4) is 0 Å². The van der Waals surface area contributed by atoms with Crippen molar-refractivity contribution < 1.29 is 28.2 Å². The van der Waals surface area contributed by atoms with Crippen LogP contribution in [-0.4, -0.2) is 22.7 Å². The maximum absolute atomic E-state index is 14.0. The van der Waals surface area contributed by atoms with Crippen LogP contribution in [0, 0.1) is 17.6 Å². The molecule has 5 nitrogen and oxygen atoms in total. The molecule has 7 heteroatoms. The Bertz CT molecular complexity index is 842. The van der Waals surface area contributed by atoms with Gasteiger partial charge in [-0.1, -0.05) is 56.3 Å². The topological polar surface area (TPSA) is 75.6 Å². The smallest absolute Gasteiger partial charge is 0.408 e. The summed E-state index contributed by atoms with van der Waals surface area (Å²) < 4.78 is 32.8. The third-order valence-electron chi connectivity index (χ3n) is 4.39. The molecule has 28 heavy (non-hydrogen) atoms. The number of carboxylic acid groups (broad SMARTS) is 1. The summed E-state index contributed by atoms with van der Waals surface area (Å²) in [6.07, 6.45) is -1.99. The van der Waals surface area contributed by atoms with Crippen molar-refractivity contribution >= 4 is 12.1 Å². The molecule has 1 amide bonds. The first-order valence-electron chi connectivity index (χ1n) is 8.84. The summed E-state index contributed by atoms with van der Waals surface area (Å²) in [5.41, 5.74) is -1.28. The molecular formula is C21H23F2NO4. The van der Waals surface area contributed by atoms with Crippen LogP contribution in [-0.2, 0) is 16.0 Å². The predicted octanol–water partition coefficient (Wildman–Crippen LogP) is 4.47. The summed E-state index contributed by atoms with van der Waals surface area (Å²) in [4.78, 5) is 24.2. The van der Waals surface area contributed by atoms with Gasteiger partial charge in [0.05, 0.1) is 0 Å². The molecule has 0 spiro atoms. The van der Waals surface area contributed by atoms with E-state index < -0.39 is 41.8 Å². The van der Waals surface area contributed by atoms with Crippen LogP contribution in [0.1, 0.15) is 38.0 Å². The van der Waals surface area contributed by atoms with Crippen LogP contribution in [0.5, 0.6) is 0 Å². The SMILES string of the molecule is CC(C)[C@H](OC(=O)N[C@](C)(Cc1cccc(F)c1F)C(=O)O)c1ccccc1. The third-order valence-corrected chi connectivity index (χ3v) is 4.39. The zero-order valence-corrected chi connectivity index (χ0v) is 15.9. The van der Waals surface area contributed by atoms with E-state index in [0.29, 0.717) is 0 Å². The summed E-state index contributed by atoms with van der Waals surface area (Å²) in [6.45, 7) is 4.95. The molecule has 0 fully saturated rings. The number of amides is 1. The van der Waals surface area contributed by atoms with Crippen molar-refractivity contribution in [1.82, 2.24) is 5.32 Å². The van der Waals surface area contributed by atoms with Crippen molar-refractivity contribution in [2.24, 2.45) is 5.92 Å². The van der Waals surface area contributed by atoms with E-state index in [9.17, 15) is 23.5 Å². The molecule has 0 aromatic heterocycles. The van der Waals surface area contributed by atoms with E-state index in [4.69, 9.17) is 4.74 Å². The van der Waals surface area contributed by atoms with Crippen molar-refractivity contribution in [1.29, 1.82) is 0 Å². The van der Waals surface area contributed by atoms with Crippen molar-refractivity contribution in [2.75, 3.05) is 0 Å². The van der Waals surface area contributed by atoms with E-state index in [2.05, 4.69) is 5.32 Å². The molecule has 2 rings (SSSR count). The standard InChI is InChI=1S/C21H23F2NO4/c1-13(2)18(14-8-5-4-6-9-14)28-20(27)24-21(3,19(25)26)12-15-10-7-11-16(22)17(15)23/h4-11,13,18H,12H2,1-3H3,(H,24,27)(H,25,26)/t18-,21+/m0/s1. The Morgan fingerprint density at radius 1 is 1.11 bits per heavy atom. The highest BCUT2D eigenvalue weighted by molar-refractivity contribution is 5.84. The molecule has 0 aliphatic rings. The number of halogens is 2. The highest BCUT2D eigenvalue weighted by Crippen LogP contribution is 2.26. The molecule has 0 saturated carbocycles. The van der Waals surface area contributed by atoms with E-state index in [1.165, 1.54) is 19.1 Å². The second kappa shape index (κ2) is 8.82.